The van der Waals surface area contributed by atoms with E-state index in [1.165, 1.54) is 7.11 Å². The Bertz CT molecular complexity index is 596. The van der Waals surface area contributed by atoms with E-state index in [2.05, 4.69) is 4.99 Å². The molecule has 4 nitrogen and oxygen atoms in total. The monoisotopic (exact) mass is 285 g/mol. The van der Waals surface area contributed by atoms with Gasteiger partial charge in [0.2, 0.25) is 0 Å². The van der Waals surface area contributed by atoms with Gasteiger partial charge in [-0.1, -0.05) is 36.4 Å². The normalized spacial score (nSPS) is 12.5. The molecule has 0 heterocycles. The highest BCUT2D eigenvalue weighted by molar-refractivity contribution is 5.84. The minimum absolute atomic E-state index is 0.0455. The van der Waals surface area contributed by atoms with Crippen LogP contribution in [0.4, 0.5) is 0 Å². The number of hydrogen-bond acceptors (Lipinski definition) is 4. The van der Waals surface area contributed by atoms with Gasteiger partial charge in [0, 0.05) is 11.8 Å². The molecule has 0 saturated carbocycles. The van der Waals surface area contributed by atoms with Crippen LogP contribution in [0.1, 0.15) is 11.1 Å². The Hall–Kier alpha value is -2.33. The first-order chi connectivity index (χ1) is 10.2. The molecule has 1 atom stereocenters. The molecule has 0 aliphatic rings. The van der Waals surface area contributed by atoms with Crippen LogP contribution in [-0.2, 0) is 6.42 Å². The molecule has 0 unspecified atom stereocenters. The number of benzene rings is 2. The van der Waals surface area contributed by atoms with E-state index in [4.69, 9.17) is 4.74 Å². The van der Waals surface area contributed by atoms with Gasteiger partial charge in [0.05, 0.1) is 19.8 Å². The third-order valence-electron chi connectivity index (χ3n) is 3.20. The van der Waals surface area contributed by atoms with E-state index in [1.54, 1.807) is 24.4 Å². The number of hydrogen-bond donors (Lipinski definition) is 2. The van der Waals surface area contributed by atoms with Crippen molar-refractivity contribution in [2.75, 3.05) is 13.7 Å². The predicted molar refractivity (Wildman–Crippen MR) is 83.3 cm³/mol. The maximum absolute atomic E-state index is 9.99. The second-order valence-corrected chi connectivity index (χ2v) is 4.70. The number of phenolic OH excluding ortho intramolecular Hbond substituents is 1. The van der Waals surface area contributed by atoms with E-state index in [-0.39, 0.29) is 18.4 Å². The van der Waals surface area contributed by atoms with Crippen molar-refractivity contribution in [3.8, 4) is 11.5 Å². The smallest absolute Gasteiger partial charge is 0.166 e. The lowest BCUT2D eigenvalue weighted by atomic mass is 10.1. The van der Waals surface area contributed by atoms with Crippen molar-refractivity contribution in [3.05, 3.63) is 59.7 Å². The van der Waals surface area contributed by atoms with Crippen molar-refractivity contribution >= 4 is 6.21 Å². The van der Waals surface area contributed by atoms with E-state index in [0.717, 1.165) is 5.56 Å². The van der Waals surface area contributed by atoms with Gasteiger partial charge in [0.15, 0.2) is 11.5 Å². The largest absolute Gasteiger partial charge is 0.504 e. The summed E-state index contributed by atoms with van der Waals surface area (Å²) in [6, 6.07) is 14.8. The molecule has 0 radical (unpaired) electrons. The summed E-state index contributed by atoms with van der Waals surface area (Å²) >= 11 is 0. The Labute approximate surface area is 124 Å². The van der Waals surface area contributed by atoms with Crippen LogP contribution < -0.4 is 4.74 Å². The van der Waals surface area contributed by atoms with Crippen molar-refractivity contribution in [2.24, 2.45) is 4.99 Å². The zero-order valence-corrected chi connectivity index (χ0v) is 11.9. The third kappa shape index (κ3) is 4.07. The lowest BCUT2D eigenvalue weighted by Gasteiger charge is -2.10. The number of aliphatic hydroxyl groups is 1. The minimum atomic E-state index is -0.238. The zero-order valence-electron chi connectivity index (χ0n) is 11.9. The van der Waals surface area contributed by atoms with E-state index < -0.39 is 0 Å². The molecule has 0 amide bonds. The first-order valence-corrected chi connectivity index (χ1v) is 6.78. The van der Waals surface area contributed by atoms with Crippen LogP contribution in [0.5, 0.6) is 11.5 Å². The summed E-state index contributed by atoms with van der Waals surface area (Å²) in [5, 5.41) is 19.4. The van der Waals surface area contributed by atoms with Gasteiger partial charge in [-0.25, -0.2) is 0 Å². The first-order valence-electron chi connectivity index (χ1n) is 6.78. The summed E-state index contributed by atoms with van der Waals surface area (Å²) in [7, 11) is 1.50. The fourth-order valence-corrected chi connectivity index (χ4v) is 2.04. The average molecular weight is 285 g/mol. The third-order valence-corrected chi connectivity index (χ3v) is 3.20. The summed E-state index contributed by atoms with van der Waals surface area (Å²) in [5.74, 6) is 0.461. The summed E-state index contributed by atoms with van der Waals surface area (Å²) in [6.45, 7) is -0.0455. The van der Waals surface area contributed by atoms with E-state index in [9.17, 15) is 10.2 Å². The first kappa shape index (κ1) is 15.1. The van der Waals surface area contributed by atoms with Gasteiger partial charge < -0.3 is 14.9 Å². The number of nitrogens with zero attached hydrogens (tertiary/aromatic N) is 1. The Balaban J connectivity index is 2.11. The molecular formula is C17H19NO3. The maximum atomic E-state index is 9.99. The molecule has 2 N–H and O–H groups in total. The van der Waals surface area contributed by atoms with Crippen LogP contribution in [0.3, 0.4) is 0 Å². The molecule has 4 heteroatoms. The van der Waals surface area contributed by atoms with Crippen molar-refractivity contribution in [1.82, 2.24) is 0 Å². The topological polar surface area (TPSA) is 62.0 Å². The van der Waals surface area contributed by atoms with Gasteiger partial charge in [-0.3, -0.25) is 4.99 Å². The van der Waals surface area contributed by atoms with Crippen LogP contribution in [0.15, 0.2) is 53.5 Å². The summed E-state index contributed by atoms with van der Waals surface area (Å²) in [4.78, 5) is 4.35. The van der Waals surface area contributed by atoms with Crippen molar-refractivity contribution < 1.29 is 14.9 Å². The lowest BCUT2D eigenvalue weighted by Crippen LogP contribution is -2.14. The number of aliphatic imine (C=N–C) groups is 1. The molecule has 0 fully saturated rings. The van der Waals surface area contributed by atoms with E-state index in [1.807, 2.05) is 30.3 Å². The molecule has 2 aromatic rings. The lowest BCUT2D eigenvalue weighted by molar-refractivity contribution is 0.266. The Morgan fingerprint density at radius 1 is 1.14 bits per heavy atom. The number of rotatable bonds is 6. The molecular weight excluding hydrogens is 266 g/mol. The number of aromatic hydroxyl groups is 1. The predicted octanol–water partition coefficient (Wildman–Crippen LogP) is 2.42. The van der Waals surface area contributed by atoms with Gasteiger partial charge in [-0.15, -0.1) is 0 Å². The maximum Gasteiger partial charge on any atom is 0.166 e. The summed E-state index contributed by atoms with van der Waals surface area (Å²) in [5.41, 5.74) is 1.68. The van der Waals surface area contributed by atoms with Crippen molar-refractivity contribution in [1.29, 1.82) is 0 Å². The quantitative estimate of drug-likeness (QED) is 0.801. The Kier molecular flexibility index (Phi) is 5.35. The SMILES string of the molecule is COc1cccc(C=N[C@H](CO)Cc2ccccc2)c1O. The molecule has 0 saturated heterocycles. The average Bonchev–Trinajstić information content (AvgIpc) is 2.53. The number of methoxy groups -OCH3 is 1. The molecule has 110 valence electrons. The highest BCUT2D eigenvalue weighted by Crippen LogP contribution is 2.28. The van der Waals surface area contributed by atoms with Crippen molar-refractivity contribution in [3.63, 3.8) is 0 Å². The van der Waals surface area contributed by atoms with Crippen LogP contribution in [0.2, 0.25) is 0 Å². The van der Waals surface area contributed by atoms with Gasteiger partial charge >= 0.3 is 0 Å². The van der Waals surface area contributed by atoms with Gasteiger partial charge in [0.25, 0.3) is 0 Å². The van der Waals surface area contributed by atoms with Crippen LogP contribution in [0.25, 0.3) is 0 Å². The summed E-state index contributed by atoms with van der Waals surface area (Å²) in [6.07, 6.45) is 2.22. The van der Waals surface area contributed by atoms with Crippen LogP contribution in [-0.4, -0.2) is 36.2 Å². The van der Waals surface area contributed by atoms with Gasteiger partial charge in [0.1, 0.15) is 0 Å². The van der Waals surface area contributed by atoms with Crippen LogP contribution in [0, 0.1) is 0 Å². The summed E-state index contributed by atoms with van der Waals surface area (Å²) < 4.78 is 5.05. The van der Waals surface area contributed by atoms with Gasteiger partial charge in [-0.2, -0.15) is 0 Å². The van der Waals surface area contributed by atoms with Crippen LogP contribution >= 0.6 is 0 Å². The molecule has 0 spiro atoms. The van der Waals surface area contributed by atoms with Gasteiger partial charge in [-0.05, 0) is 24.1 Å². The van der Waals surface area contributed by atoms with Crippen molar-refractivity contribution in [2.45, 2.75) is 12.5 Å². The molecule has 0 bridgehead atoms. The molecule has 2 aromatic carbocycles. The highest BCUT2D eigenvalue weighted by atomic mass is 16.5. The molecule has 0 aliphatic heterocycles. The van der Waals surface area contributed by atoms with E-state index in [0.29, 0.717) is 17.7 Å². The zero-order chi connectivity index (χ0) is 15.1. The second-order valence-electron chi connectivity index (χ2n) is 4.70. The number of phenols is 1. The fraction of sp³-hybridized carbons (Fsp3) is 0.235. The molecule has 0 aromatic heterocycles. The molecule has 2 rings (SSSR count). The second kappa shape index (κ2) is 7.45. The molecule has 0 aliphatic carbocycles. The fourth-order valence-electron chi connectivity index (χ4n) is 2.04. The Morgan fingerprint density at radius 2 is 1.90 bits per heavy atom. The minimum Gasteiger partial charge on any atom is -0.504 e. The highest BCUT2D eigenvalue weighted by Gasteiger charge is 2.08. The number of ether oxygens (including phenoxy) is 1. The van der Waals surface area contributed by atoms with E-state index >= 15 is 0 Å². The standard InChI is InChI=1S/C17H19NO3/c1-21-16-9-5-8-14(17(16)20)11-18-15(12-19)10-13-6-3-2-4-7-13/h2-9,11,15,19-20H,10,12H2,1H3/t15-/m0/s1. The number of para-hydroxylation sites is 1. The number of aliphatic hydroxyl groups excluding tert-OH is 1. The molecule has 21 heavy (non-hydrogen) atoms. The Morgan fingerprint density at radius 3 is 2.57 bits per heavy atom.